The first kappa shape index (κ1) is 16.2. The zero-order valence-corrected chi connectivity index (χ0v) is 12.6. The summed E-state index contributed by atoms with van der Waals surface area (Å²) in [6, 6.07) is 0.512. The summed E-state index contributed by atoms with van der Waals surface area (Å²) in [5.74, 6) is -1.91. The van der Waals surface area contributed by atoms with Crippen LogP contribution in [0.4, 0.5) is 0 Å². The second-order valence-electron chi connectivity index (χ2n) is 4.09. The van der Waals surface area contributed by atoms with Crippen LogP contribution in [0, 0.1) is 0 Å². The van der Waals surface area contributed by atoms with E-state index in [1.165, 1.54) is 20.1 Å². The number of carbonyl (C=O) groups excluding carboxylic acids is 2. The third kappa shape index (κ3) is 4.09. The summed E-state index contributed by atoms with van der Waals surface area (Å²) in [5, 5.41) is 11.6. The number of carbonyl (C=O) groups is 3. The zero-order valence-electron chi connectivity index (χ0n) is 11.1. The number of hydrogen-bond acceptors (Lipinski definition) is 4. The van der Waals surface area contributed by atoms with Gasteiger partial charge in [-0.1, -0.05) is 0 Å². The Morgan fingerprint density at radius 3 is 2.60 bits per heavy atom. The van der Waals surface area contributed by atoms with Crippen molar-refractivity contribution in [2.45, 2.75) is 19.9 Å². The number of carboxylic acid groups (broad SMARTS) is 1. The van der Waals surface area contributed by atoms with E-state index in [1.54, 1.807) is 6.07 Å². The Kier molecular flexibility index (Phi) is 5.75. The summed E-state index contributed by atoms with van der Waals surface area (Å²) >= 11 is 3.15. The van der Waals surface area contributed by atoms with E-state index in [2.05, 4.69) is 21.2 Å². The molecule has 1 aromatic heterocycles. The molecule has 1 aromatic rings. The van der Waals surface area contributed by atoms with Crippen molar-refractivity contribution in [3.05, 3.63) is 22.6 Å². The first-order valence-electron chi connectivity index (χ1n) is 5.85. The van der Waals surface area contributed by atoms with Gasteiger partial charge in [0.2, 0.25) is 11.7 Å². The molecule has 1 atom stereocenters. The fourth-order valence-corrected chi connectivity index (χ4v) is 1.90. The summed E-state index contributed by atoms with van der Waals surface area (Å²) in [6.07, 6.45) is 1.33. The van der Waals surface area contributed by atoms with Crippen molar-refractivity contribution in [1.82, 2.24) is 10.2 Å². The Morgan fingerprint density at radius 1 is 1.50 bits per heavy atom. The monoisotopic (exact) mass is 346 g/mol. The maximum absolute atomic E-state index is 12.3. The molecule has 1 rings (SSSR count). The van der Waals surface area contributed by atoms with Crippen molar-refractivity contribution < 1.29 is 23.9 Å². The summed E-state index contributed by atoms with van der Waals surface area (Å²) in [5.41, 5.74) is 0. The van der Waals surface area contributed by atoms with Gasteiger partial charge in [0, 0.05) is 20.0 Å². The lowest BCUT2D eigenvalue weighted by Crippen LogP contribution is -2.46. The first-order chi connectivity index (χ1) is 9.34. The van der Waals surface area contributed by atoms with Gasteiger partial charge >= 0.3 is 5.97 Å². The quantitative estimate of drug-likeness (QED) is 0.803. The Hall–Kier alpha value is -1.83. The largest absolute Gasteiger partial charge is 0.480 e. The van der Waals surface area contributed by atoms with Gasteiger partial charge in [0.15, 0.2) is 0 Å². The van der Waals surface area contributed by atoms with Gasteiger partial charge in [-0.25, -0.2) is 4.79 Å². The van der Waals surface area contributed by atoms with Gasteiger partial charge in [-0.15, -0.1) is 0 Å². The van der Waals surface area contributed by atoms with Crippen molar-refractivity contribution >= 4 is 33.7 Å². The van der Waals surface area contributed by atoms with E-state index in [1.807, 2.05) is 0 Å². The number of aliphatic carboxylic acids is 1. The second kappa shape index (κ2) is 7.09. The molecule has 2 N–H and O–H groups in total. The third-order valence-electron chi connectivity index (χ3n) is 2.62. The van der Waals surface area contributed by atoms with Crippen LogP contribution in [0.5, 0.6) is 0 Å². The normalized spacial score (nSPS) is 11.8. The Labute approximate surface area is 124 Å². The summed E-state index contributed by atoms with van der Waals surface area (Å²) in [6.45, 7) is 2.97. The molecule has 0 aliphatic carbocycles. The predicted octanol–water partition coefficient (Wildman–Crippen LogP) is 1.09. The van der Waals surface area contributed by atoms with Gasteiger partial charge in [0.1, 0.15) is 6.04 Å². The molecule has 0 aliphatic rings. The molecule has 2 amide bonds. The Morgan fingerprint density at radius 2 is 2.15 bits per heavy atom. The standard InChI is InChI=1S/C12H15BrN2O5/c1-7(12(18)19)15(5-4-14-8(2)16)11(17)10-9(13)3-6-20-10/h3,6-7H,4-5H2,1-2H3,(H,14,16)(H,18,19). The fraction of sp³-hybridized carbons (Fsp3) is 0.417. The molecule has 0 fully saturated rings. The average molecular weight is 347 g/mol. The van der Waals surface area contributed by atoms with Crippen LogP contribution in [0.2, 0.25) is 0 Å². The molecule has 0 aromatic carbocycles. The van der Waals surface area contributed by atoms with E-state index in [0.717, 1.165) is 4.90 Å². The molecule has 0 saturated heterocycles. The van der Waals surface area contributed by atoms with Gasteiger partial charge in [0.25, 0.3) is 5.91 Å². The Balaban J connectivity index is 2.87. The number of amides is 2. The maximum atomic E-state index is 12.3. The number of hydrogen-bond donors (Lipinski definition) is 2. The molecular weight excluding hydrogens is 332 g/mol. The summed E-state index contributed by atoms with van der Waals surface area (Å²) in [7, 11) is 0. The molecule has 0 aliphatic heterocycles. The van der Waals surface area contributed by atoms with Crippen LogP contribution in [0.25, 0.3) is 0 Å². The van der Waals surface area contributed by atoms with Crippen LogP contribution >= 0.6 is 15.9 Å². The van der Waals surface area contributed by atoms with Crippen molar-refractivity contribution in [3.8, 4) is 0 Å². The van der Waals surface area contributed by atoms with Crippen molar-refractivity contribution in [3.63, 3.8) is 0 Å². The molecule has 1 unspecified atom stereocenters. The smallest absolute Gasteiger partial charge is 0.326 e. The van der Waals surface area contributed by atoms with Gasteiger partial charge in [0.05, 0.1) is 10.7 Å². The molecule has 7 nitrogen and oxygen atoms in total. The maximum Gasteiger partial charge on any atom is 0.326 e. The number of carboxylic acids is 1. The van der Waals surface area contributed by atoms with Crippen LogP contribution in [0.1, 0.15) is 24.4 Å². The van der Waals surface area contributed by atoms with E-state index in [-0.39, 0.29) is 24.8 Å². The highest BCUT2D eigenvalue weighted by Crippen LogP contribution is 2.20. The topological polar surface area (TPSA) is 99.9 Å². The number of rotatable bonds is 6. The van der Waals surface area contributed by atoms with Crippen molar-refractivity contribution in [2.75, 3.05) is 13.1 Å². The highest BCUT2D eigenvalue weighted by molar-refractivity contribution is 9.10. The van der Waals surface area contributed by atoms with E-state index in [9.17, 15) is 14.4 Å². The highest BCUT2D eigenvalue weighted by atomic mass is 79.9. The van der Waals surface area contributed by atoms with E-state index in [0.29, 0.717) is 4.47 Å². The van der Waals surface area contributed by atoms with Crippen LogP contribution in [0.3, 0.4) is 0 Å². The predicted molar refractivity (Wildman–Crippen MR) is 73.2 cm³/mol. The molecule has 110 valence electrons. The van der Waals surface area contributed by atoms with E-state index >= 15 is 0 Å². The minimum absolute atomic E-state index is 0.0286. The van der Waals surface area contributed by atoms with Crippen LogP contribution in [-0.4, -0.2) is 46.9 Å². The highest BCUT2D eigenvalue weighted by Gasteiger charge is 2.29. The molecular formula is C12H15BrN2O5. The van der Waals surface area contributed by atoms with Crippen LogP contribution in [-0.2, 0) is 9.59 Å². The molecule has 8 heteroatoms. The fourth-order valence-electron chi connectivity index (χ4n) is 1.53. The lowest BCUT2D eigenvalue weighted by atomic mass is 10.2. The molecule has 20 heavy (non-hydrogen) atoms. The van der Waals surface area contributed by atoms with Gasteiger partial charge < -0.3 is 19.7 Å². The van der Waals surface area contributed by atoms with Crippen LogP contribution < -0.4 is 5.32 Å². The average Bonchev–Trinajstić information content (AvgIpc) is 2.79. The first-order valence-corrected chi connectivity index (χ1v) is 6.65. The minimum Gasteiger partial charge on any atom is -0.480 e. The number of nitrogens with zero attached hydrogens (tertiary/aromatic N) is 1. The molecule has 0 spiro atoms. The van der Waals surface area contributed by atoms with Gasteiger partial charge in [-0.2, -0.15) is 0 Å². The number of nitrogens with one attached hydrogen (secondary N) is 1. The molecule has 0 radical (unpaired) electrons. The minimum atomic E-state index is -1.14. The number of halogens is 1. The van der Waals surface area contributed by atoms with Gasteiger partial charge in [-0.3, -0.25) is 9.59 Å². The second-order valence-corrected chi connectivity index (χ2v) is 4.95. The zero-order chi connectivity index (χ0) is 15.3. The molecule has 1 heterocycles. The van der Waals surface area contributed by atoms with E-state index < -0.39 is 17.9 Å². The number of furan rings is 1. The molecule has 0 bridgehead atoms. The summed E-state index contributed by atoms with van der Waals surface area (Å²) in [4.78, 5) is 35.3. The van der Waals surface area contributed by atoms with Crippen molar-refractivity contribution in [1.29, 1.82) is 0 Å². The van der Waals surface area contributed by atoms with Gasteiger partial charge in [-0.05, 0) is 28.9 Å². The lowest BCUT2D eigenvalue weighted by molar-refractivity contribution is -0.141. The van der Waals surface area contributed by atoms with Crippen LogP contribution in [0.15, 0.2) is 21.2 Å². The molecule has 0 saturated carbocycles. The summed E-state index contributed by atoms with van der Waals surface area (Å²) < 4.78 is 5.49. The van der Waals surface area contributed by atoms with Crippen molar-refractivity contribution in [2.24, 2.45) is 0 Å². The third-order valence-corrected chi connectivity index (χ3v) is 3.25. The lowest BCUT2D eigenvalue weighted by Gasteiger charge is -2.25. The SMILES string of the molecule is CC(=O)NCCN(C(=O)c1occc1Br)C(C)C(=O)O. The Bertz CT molecular complexity index is 514. The van der Waals surface area contributed by atoms with E-state index in [4.69, 9.17) is 9.52 Å².